The summed E-state index contributed by atoms with van der Waals surface area (Å²) in [5.41, 5.74) is 0.995. The Kier molecular flexibility index (Phi) is 4.03. The molecule has 21 heavy (non-hydrogen) atoms. The van der Waals surface area contributed by atoms with Crippen LogP contribution in [0.5, 0.6) is 0 Å². The van der Waals surface area contributed by atoms with Crippen LogP contribution in [0, 0.1) is 11.2 Å². The zero-order valence-electron chi connectivity index (χ0n) is 12.9. The van der Waals surface area contributed by atoms with Gasteiger partial charge in [-0.2, -0.15) is 0 Å². The number of hydrogen-bond acceptors (Lipinski definition) is 2. The minimum Gasteiger partial charge on any atom is -0.459 e. The molecular weight excluding hydrogens is 265 g/mol. The van der Waals surface area contributed by atoms with E-state index < -0.39 is 0 Å². The Morgan fingerprint density at radius 1 is 1.24 bits per heavy atom. The fourth-order valence-corrected chi connectivity index (χ4v) is 3.72. The van der Waals surface area contributed by atoms with Crippen LogP contribution < -0.4 is 5.32 Å². The first-order valence-electron chi connectivity index (χ1n) is 8.05. The molecule has 0 amide bonds. The van der Waals surface area contributed by atoms with Gasteiger partial charge in [0.2, 0.25) is 0 Å². The van der Waals surface area contributed by atoms with Gasteiger partial charge in [-0.25, -0.2) is 4.39 Å². The maximum Gasteiger partial charge on any atom is 0.134 e. The van der Waals surface area contributed by atoms with Gasteiger partial charge in [-0.1, -0.05) is 33.1 Å². The molecule has 1 N–H and O–H groups in total. The van der Waals surface area contributed by atoms with Gasteiger partial charge in [0.1, 0.15) is 17.2 Å². The maximum absolute atomic E-state index is 13.4. The van der Waals surface area contributed by atoms with Crippen molar-refractivity contribution in [3.05, 3.63) is 35.8 Å². The van der Waals surface area contributed by atoms with Gasteiger partial charge in [-0.05, 0) is 49.1 Å². The lowest BCUT2D eigenvalue weighted by molar-refractivity contribution is 0.131. The molecule has 1 aromatic carbocycles. The molecule has 2 aromatic rings. The summed E-state index contributed by atoms with van der Waals surface area (Å²) in [7, 11) is 0. The van der Waals surface area contributed by atoms with E-state index in [4.69, 9.17) is 4.42 Å². The second kappa shape index (κ2) is 5.80. The Bertz CT molecular complexity index is 613. The minimum absolute atomic E-state index is 0.207. The van der Waals surface area contributed by atoms with E-state index in [1.165, 1.54) is 38.2 Å². The number of nitrogens with one attached hydrogen (secondary N) is 1. The van der Waals surface area contributed by atoms with Crippen molar-refractivity contribution in [1.29, 1.82) is 0 Å². The summed E-state index contributed by atoms with van der Waals surface area (Å²) in [6.07, 6.45) is 6.34. The van der Waals surface area contributed by atoms with Crippen LogP contribution in [-0.2, 0) is 0 Å². The minimum atomic E-state index is -0.210. The van der Waals surface area contributed by atoms with Crippen LogP contribution in [0.25, 0.3) is 11.0 Å². The molecule has 1 fully saturated rings. The van der Waals surface area contributed by atoms with E-state index in [0.717, 1.165) is 23.3 Å². The summed E-state index contributed by atoms with van der Waals surface area (Å²) < 4.78 is 19.4. The molecule has 3 heteroatoms. The van der Waals surface area contributed by atoms with Crippen molar-refractivity contribution in [3.8, 4) is 0 Å². The standard InChI is InChI=1S/C18H24FNO/c1-3-20-17(18(2)9-5-4-6-10-18)16-12-13-11-14(19)7-8-15(13)21-16/h7-8,11-12,17,20H,3-6,9-10H2,1-2H3. The molecule has 0 bridgehead atoms. The lowest BCUT2D eigenvalue weighted by atomic mass is 9.70. The number of furan rings is 1. The molecule has 1 aliphatic carbocycles. The topological polar surface area (TPSA) is 25.2 Å². The van der Waals surface area contributed by atoms with Crippen LogP contribution in [0.4, 0.5) is 4.39 Å². The van der Waals surface area contributed by atoms with E-state index in [0.29, 0.717) is 0 Å². The molecule has 0 spiro atoms. The zero-order chi connectivity index (χ0) is 14.9. The van der Waals surface area contributed by atoms with Gasteiger partial charge in [-0.3, -0.25) is 0 Å². The molecule has 1 aromatic heterocycles. The predicted molar refractivity (Wildman–Crippen MR) is 83.8 cm³/mol. The summed E-state index contributed by atoms with van der Waals surface area (Å²) in [6.45, 7) is 5.39. The van der Waals surface area contributed by atoms with E-state index in [-0.39, 0.29) is 17.3 Å². The average molecular weight is 289 g/mol. The van der Waals surface area contributed by atoms with E-state index in [1.807, 2.05) is 6.07 Å². The molecule has 1 aliphatic rings. The van der Waals surface area contributed by atoms with Crippen LogP contribution in [0.1, 0.15) is 57.8 Å². The molecule has 3 rings (SSSR count). The van der Waals surface area contributed by atoms with Gasteiger partial charge in [0, 0.05) is 5.39 Å². The number of rotatable bonds is 4. The molecule has 1 atom stereocenters. The van der Waals surface area contributed by atoms with Crippen molar-refractivity contribution in [2.45, 2.75) is 52.0 Å². The molecule has 0 saturated heterocycles. The first-order chi connectivity index (χ1) is 10.1. The smallest absolute Gasteiger partial charge is 0.134 e. The Balaban J connectivity index is 1.98. The molecule has 1 saturated carbocycles. The van der Waals surface area contributed by atoms with Crippen LogP contribution in [-0.4, -0.2) is 6.54 Å². The number of halogens is 1. The molecule has 1 unspecified atom stereocenters. The highest BCUT2D eigenvalue weighted by Gasteiger charge is 2.37. The number of benzene rings is 1. The van der Waals surface area contributed by atoms with Crippen LogP contribution >= 0.6 is 0 Å². The van der Waals surface area contributed by atoms with Crippen LogP contribution in [0.2, 0.25) is 0 Å². The Labute approximate surface area is 125 Å². The average Bonchev–Trinajstić information content (AvgIpc) is 2.87. The number of fused-ring (bicyclic) bond motifs is 1. The monoisotopic (exact) mass is 289 g/mol. The van der Waals surface area contributed by atoms with Crippen molar-refractivity contribution < 1.29 is 8.81 Å². The van der Waals surface area contributed by atoms with Crippen molar-refractivity contribution in [1.82, 2.24) is 5.32 Å². The molecule has 2 nitrogen and oxygen atoms in total. The highest BCUT2D eigenvalue weighted by molar-refractivity contribution is 5.78. The lowest BCUT2D eigenvalue weighted by Crippen LogP contribution is -2.37. The quantitative estimate of drug-likeness (QED) is 0.837. The second-order valence-corrected chi connectivity index (χ2v) is 6.54. The van der Waals surface area contributed by atoms with E-state index in [2.05, 4.69) is 19.2 Å². The first kappa shape index (κ1) is 14.6. The van der Waals surface area contributed by atoms with Gasteiger partial charge in [0.15, 0.2) is 0 Å². The van der Waals surface area contributed by atoms with Crippen molar-refractivity contribution in [2.75, 3.05) is 6.54 Å². The number of hydrogen-bond donors (Lipinski definition) is 1. The fraction of sp³-hybridized carbons (Fsp3) is 0.556. The second-order valence-electron chi connectivity index (χ2n) is 6.54. The van der Waals surface area contributed by atoms with Crippen molar-refractivity contribution in [3.63, 3.8) is 0 Å². The highest BCUT2D eigenvalue weighted by atomic mass is 19.1. The summed E-state index contributed by atoms with van der Waals surface area (Å²) >= 11 is 0. The summed E-state index contributed by atoms with van der Waals surface area (Å²) in [5, 5.41) is 4.45. The zero-order valence-corrected chi connectivity index (χ0v) is 12.9. The van der Waals surface area contributed by atoms with E-state index in [1.54, 1.807) is 12.1 Å². The Morgan fingerprint density at radius 2 is 2.00 bits per heavy atom. The molecule has 0 aliphatic heterocycles. The van der Waals surface area contributed by atoms with E-state index in [9.17, 15) is 4.39 Å². The first-order valence-corrected chi connectivity index (χ1v) is 8.05. The van der Waals surface area contributed by atoms with Gasteiger partial charge in [-0.15, -0.1) is 0 Å². The summed E-state index contributed by atoms with van der Waals surface area (Å²) in [5.74, 6) is 0.737. The third kappa shape index (κ3) is 2.84. The van der Waals surface area contributed by atoms with Gasteiger partial charge in [0.25, 0.3) is 0 Å². The van der Waals surface area contributed by atoms with Crippen molar-refractivity contribution in [2.24, 2.45) is 5.41 Å². The molecular formula is C18H24FNO. The highest BCUT2D eigenvalue weighted by Crippen LogP contribution is 2.46. The molecule has 1 heterocycles. The van der Waals surface area contributed by atoms with E-state index >= 15 is 0 Å². The van der Waals surface area contributed by atoms with Crippen molar-refractivity contribution >= 4 is 11.0 Å². The lowest BCUT2D eigenvalue weighted by Gasteiger charge is -2.40. The largest absolute Gasteiger partial charge is 0.459 e. The molecule has 0 radical (unpaired) electrons. The predicted octanol–water partition coefficient (Wildman–Crippen LogP) is 5.19. The van der Waals surface area contributed by atoms with Gasteiger partial charge >= 0.3 is 0 Å². The maximum atomic E-state index is 13.4. The molecule has 114 valence electrons. The third-order valence-corrected chi connectivity index (χ3v) is 4.88. The van der Waals surface area contributed by atoms with Gasteiger partial charge in [0.05, 0.1) is 6.04 Å². The Hall–Kier alpha value is -1.35. The third-order valence-electron chi connectivity index (χ3n) is 4.88. The fourth-order valence-electron chi connectivity index (χ4n) is 3.72. The summed E-state index contributed by atoms with van der Waals surface area (Å²) in [6, 6.07) is 6.94. The van der Waals surface area contributed by atoms with Crippen LogP contribution in [0.3, 0.4) is 0 Å². The Morgan fingerprint density at radius 3 is 2.71 bits per heavy atom. The van der Waals surface area contributed by atoms with Gasteiger partial charge < -0.3 is 9.73 Å². The summed E-state index contributed by atoms with van der Waals surface area (Å²) in [4.78, 5) is 0. The normalized spacial score (nSPS) is 19.8. The SMILES string of the molecule is CCNC(c1cc2cc(F)ccc2o1)C1(C)CCCCC1. The van der Waals surface area contributed by atoms with Crippen LogP contribution in [0.15, 0.2) is 28.7 Å².